The number of rotatable bonds is 3. The van der Waals surface area contributed by atoms with E-state index in [-0.39, 0.29) is 5.57 Å². The molecule has 1 aromatic heterocycles. The number of methoxy groups -OCH3 is 1. The average Bonchev–Trinajstić information content (AvgIpc) is 2.65. The number of aromatic nitrogens is 1. The van der Waals surface area contributed by atoms with Crippen molar-refractivity contribution >= 4 is 28.8 Å². The largest absolute Gasteiger partial charge is 0.465 e. The Morgan fingerprint density at radius 2 is 2.12 bits per heavy atom. The molecular formula is C18H17N3O3. The normalized spacial score (nSPS) is 15.2. The zero-order chi connectivity index (χ0) is 16.9. The maximum atomic E-state index is 11.7. The highest BCUT2D eigenvalue weighted by atomic mass is 16.5. The molecule has 0 N–H and O–H groups in total. The lowest BCUT2D eigenvalue weighted by Gasteiger charge is -2.29. The molecule has 1 aliphatic rings. The van der Waals surface area contributed by atoms with Gasteiger partial charge in [-0.25, -0.2) is 9.78 Å². The molecule has 0 unspecified atom stereocenters. The van der Waals surface area contributed by atoms with E-state index in [1.807, 2.05) is 36.4 Å². The highest BCUT2D eigenvalue weighted by Crippen LogP contribution is 2.26. The zero-order valence-electron chi connectivity index (χ0n) is 13.4. The Morgan fingerprint density at radius 1 is 1.38 bits per heavy atom. The van der Waals surface area contributed by atoms with Gasteiger partial charge >= 0.3 is 5.97 Å². The summed E-state index contributed by atoms with van der Waals surface area (Å²) in [7, 11) is 1.26. The molecule has 0 bridgehead atoms. The number of nitrogens with zero attached hydrogens (tertiary/aromatic N) is 3. The van der Waals surface area contributed by atoms with Gasteiger partial charge in [-0.2, -0.15) is 5.26 Å². The van der Waals surface area contributed by atoms with Crippen LogP contribution < -0.4 is 4.90 Å². The van der Waals surface area contributed by atoms with Crippen molar-refractivity contribution in [3.63, 3.8) is 0 Å². The molecule has 0 atom stereocenters. The Hall–Kier alpha value is -2.91. The van der Waals surface area contributed by atoms with E-state index >= 15 is 0 Å². The van der Waals surface area contributed by atoms with Crippen LogP contribution in [0.2, 0.25) is 0 Å². The first-order valence-electron chi connectivity index (χ1n) is 7.65. The third-order valence-electron chi connectivity index (χ3n) is 3.87. The summed E-state index contributed by atoms with van der Waals surface area (Å²) < 4.78 is 10.1. The number of morpholine rings is 1. The van der Waals surface area contributed by atoms with Crippen LogP contribution in [0.15, 0.2) is 35.9 Å². The van der Waals surface area contributed by atoms with Crippen molar-refractivity contribution in [3.05, 3.63) is 41.5 Å². The molecule has 0 amide bonds. The molecule has 2 aromatic rings. The van der Waals surface area contributed by atoms with Gasteiger partial charge in [0.15, 0.2) is 0 Å². The van der Waals surface area contributed by atoms with E-state index in [9.17, 15) is 10.1 Å². The molecule has 3 rings (SSSR count). The molecule has 0 saturated carbocycles. The van der Waals surface area contributed by atoms with Crippen LogP contribution in [0.3, 0.4) is 0 Å². The Labute approximate surface area is 139 Å². The predicted molar refractivity (Wildman–Crippen MR) is 90.4 cm³/mol. The molecule has 0 spiro atoms. The van der Waals surface area contributed by atoms with Gasteiger partial charge in [0.1, 0.15) is 17.5 Å². The number of pyridine rings is 1. The number of ether oxygens (including phenoxy) is 2. The number of hydrogen-bond donors (Lipinski definition) is 0. The zero-order valence-corrected chi connectivity index (χ0v) is 13.4. The van der Waals surface area contributed by atoms with Gasteiger partial charge in [0.2, 0.25) is 0 Å². The number of carbonyl (C=O) groups is 1. The topological polar surface area (TPSA) is 75.5 Å². The number of hydrogen-bond acceptors (Lipinski definition) is 6. The summed E-state index contributed by atoms with van der Waals surface area (Å²) >= 11 is 0. The van der Waals surface area contributed by atoms with E-state index in [0.29, 0.717) is 26.3 Å². The van der Waals surface area contributed by atoms with Crippen LogP contribution in [0.25, 0.3) is 17.0 Å². The Morgan fingerprint density at radius 3 is 2.83 bits per heavy atom. The van der Waals surface area contributed by atoms with Gasteiger partial charge in [0.25, 0.3) is 0 Å². The third kappa shape index (κ3) is 3.21. The van der Waals surface area contributed by atoms with Crippen molar-refractivity contribution in [1.82, 2.24) is 4.98 Å². The number of benzene rings is 1. The highest BCUT2D eigenvalue weighted by molar-refractivity contribution is 5.99. The molecule has 24 heavy (non-hydrogen) atoms. The second kappa shape index (κ2) is 7.11. The minimum atomic E-state index is -0.654. The number of esters is 1. The summed E-state index contributed by atoms with van der Waals surface area (Å²) in [5.74, 6) is 0.0900. The molecular weight excluding hydrogens is 306 g/mol. The third-order valence-corrected chi connectivity index (χ3v) is 3.87. The summed E-state index contributed by atoms with van der Waals surface area (Å²) in [6.45, 7) is 2.68. The van der Waals surface area contributed by atoms with Gasteiger partial charge < -0.3 is 14.4 Å². The summed E-state index contributed by atoms with van der Waals surface area (Å²) in [6.07, 6.45) is 1.54. The fourth-order valence-electron chi connectivity index (χ4n) is 2.66. The van der Waals surface area contributed by atoms with Gasteiger partial charge in [0, 0.05) is 24.0 Å². The average molecular weight is 323 g/mol. The minimum Gasteiger partial charge on any atom is -0.465 e. The van der Waals surface area contributed by atoms with Crippen LogP contribution >= 0.6 is 0 Å². The second-order valence-electron chi connectivity index (χ2n) is 5.35. The maximum absolute atomic E-state index is 11.7. The SMILES string of the molecule is COC(=O)/C(C#N)=C/c1cc2ccccc2nc1N1CCOCC1. The highest BCUT2D eigenvalue weighted by Gasteiger charge is 2.18. The molecule has 1 aliphatic heterocycles. The lowest BCUT2D eigenvalue weighted by molar-refractivity contribution is -0.135. The van der Waals surface area contributed by atoms with Crippen molar-refractivity contribution in [2.75, 3.05) is 38.3 Å². The summed E-state index contributed by atoms with van der Waals surface area (Å²) in [5.41, 5.74) is 1.54. The number of anilines is 1. The van der Waals surface area contributed by atoms with Gasteiger partial charge in [-0.1, -0.05) is 18.2 Å². The predicted octanol–water partition coefficient (Wildman–Crippen LogP) is 2.15. The second-order valence-corrected chi connectivity index (χ2v) is 5.35. The number of nitriles is 1. The molecule has 1 saturated heterocycles. The first-order chi connectivity index (χ1) is 11.7. The summed E-state index contributed by atoms with van der Waals surface area (Å²) in [6, 6.07) is 11.6. The molecule has 6 heteroatoms. The van der Waals surface area contributed by atoms with Gasteiger partial charge in [-0.15, -0.1) is 0 Å². The van der Waals surface area contributed by atoms with Gasteiger partial charge in [-0.05, 0) is 18.2 Å². The van der Waals surface area contributed by atoms with Crippen molar-refractivity contribution in [3.8, 4) is 6.07 Å². The van der Waals surface area contributed by atoms with Crippen LogP contribution in [0.4, 0.5) is 5.82 Å². The fraction of sp³-hybridized carbons (Fsp3) is 0.278. The van der Waals surface area contributed by atoms with E-state index in [0.717, 1.165) is 22.3 Å². The lowest BCUT2D eigenvalue weighted by Crippen LogP contribution is -2.37. The van der Waals surface area contributed by atoms with E-state index in [1.165, 1.54) is 13.2 Å². The van der Waals surface area contributed by atoms with E-state index in [1.54, 1.807) is 0 Å². The van der Waals surface area contributed by atoms with Crippen LogP contribution in [0.1, 0.15) is 5.56 Å². The van der Waals surface area contributed by atoms with Crippen molar-refractivity contribution in [2.24, 2.45) is 0 Å². The quantitative estimate of drug-likeness (QED) is 0.489. The number of fused-ring (bicyclic) bond motifs is 1. The molecule has 1 aromatic carbocycles. The molecule has 1 fully saturated rings. The summed E-state index contributed by atoms with van der Waals surface area (Å²) in [4.78, 5) is 18.6. The molecule has 6 nitrogen and oxygen atoms in total. The smallest absolute Gasteiger partial charge is 0.348 e. The van der Waals surface area contributed by atoms with Crippen LogP contribution in [-0.4, -0.2) is 44.4 Å². The van der Waals surface area contributed by atoms with Gasteiger partial charge in [0.05, 0.1) is 25.8 Å². The standard InChI is InChI=1S/C18H17N3O3/c1-23-18(22)15(12-19)11-14-10-13-4-2-3-5-16(13)20-17(14)21-6-8-24-9-7-21/h2-5,10-11H,6-9H2,1H3/b15-11+. The fourth-order valence-corrected chi connectivity index (χ4v) is 2.66. The van der Waals surface area contributed by atoms with Crippen molar-refractivity contribution < 1.29 is 14.3 Å². The Balaban J connectivity index is 2.14. The Bertz CT molecular complexity index is 833. The van der Waals surface area contributed by atoms with Crippen LogP contribution in [0.5, 0.6) is 0 Å². The van der Waals surface area contributed by atoms with Crippen LogP contribution in [0, 0.1) is 11.3 Å². The number of carbonyl (C=O) groups excluding carboxylic acids is 1. The lowest BCUT2D eigenvalue weighted by atomic mass is 10.1. The summed E-state index contributed by atoms with van der Waals surface area (Å²) in [5, 5.41) is 10.2. The van der Waals surface area contributed by atoms with Gasteiger partial charge in [-0.3, -0.25) is 0 Å². The first kappa shape index (κ1) is 16.0. The molecule has 2 heterocycles. The minimum absolute atomic E-state index is 0.0518. The number of para-hydroxylation sites is 1. The van der Waals surface area contributed by atoms with E-state index in [2.05, 4.69) is 9.64 Å². The monoisotopic (exact) mass is 323 g/mol. The molecule has 122 valence electrons. The van der Waals surface area contributed by atoms with Crippen molar-refractivity contribution in [2.45, 2.75) is 0 Å². The molecule has 0 aliphatic carbocycles. The Kier molecular flexibility index (Phi) is 4.73. The van der Waals surface area contributed by atoms with Crippen molar-refractivity contribution in [1.29, 1.82) is 5.26 Å². The molecule has 0 radical (unpaired) electrons. The van der Waals surface area contributed by atoms with Crippen LogP contribution in [-0.2, 0) is 14.3 Å². The van der Waals surface area contributed by atoms with E-state index in [4.69, 9.17) is 9.72 Å². The first-order valence-corrected chi connectivity index (χ1v) is 7.65. The van der Waals surface area contributed by atoms with E-state index < -0.39 is 5.97 Å². The maximum Gasteiger partial charge on any atom is 0.348 e.